The molecule has 32 heavy (non-hydrogen) atoms. The van der Waals surface area contributed by atoms with Crippen LogP contribution < -0.4 is 20.7 Å². The fourth-order valence-corrected chi connectivity index (χ4v) is 3.08. The van der Waals surface area contributed by atoms with Crippen LogP contribution in [0.5, 0.6) is 5.75 Å². The zero-order valence-electron chi connectivity index (χ0n) is 17.8. The molecule has 2 amide bonds. The van der Waals surface area contributed by atoms with E-state index in [9.17, 15) is 9.59 Å². The number of nitrogens with one attached hydrogen (secondary N) is 3. The lowest BCUT2D eigenvalue weighted by Gasteiger charge is -2.11. The third kappa shape index (κ3) is 7.21. The Bertz CT molecular complexity index is 1050. The standard InChI is InChI=1S/C25H25N3O3S/c1-2-6-23(29)26-20-11-13-21(14-12-20)27-25(32)28-24(30)19-9-15-22(16-10-19)31-17-18-7-4-3-5-8-18/h3-5,7-16H,2,6,17H2,1H3,(H,26,29)(H2,27,28,30,32). The Kier molecular flexibility index (Phi) is 8.34. The Balaban J connectivity index is 1.47. The summed E-state index contributed by atoms with van der Waals surface area (Å²) in [6.45, 7) is 2.41. The van der Waals surface area contributed by atoms with Gasteiger partial charge >= 0.3 is 0 Å². The number of carbonyl (C=O) groups is 2. The SMILES string of the molecule is CCCC(=O)Nc1ccc(NC(=S)NC(=O)c2ccc(OCc3ccccc3)cc2)cc1. The molecule has 0 aliphatic rings. The molecule has 0 unspecified atom stereocenters. The number of anilines is 2. The molecule has 7 heteroatoms. The first kappa shape index (κ1) is 23.0. The van der Waals surface area contributed by atoms with E-state index in [0.29, 0.717) is 35.7 Å². The first-order valence-electron chi connectivity index (χ1n) is 10.3. The van der Waals surface area contributed by atoms with E-state index in [0.717, 1.165) is 12.0 Å². The van der Waals surface area contributed by atoms with Crippen molar-refractivity contribution in [2.75, 3.05) is 10.6 Å². The number of benzene rings is 3. The van der Waals surface area contributed by atoms with E-state index in [1.54, 1.807) is 48.5 Å². The van der Waals surface area contributed by atoms with Crippen molar-refractivity contribution in [1.29, 1.82) is 0 Å². The lowest BCUT2D eigenvalue weighted by Crippen LogP contribution is -2.34. The molecule has 0 atom stereocenters. The molecule has 3 N–H and O–H groups in total. The van der Waals surface area contributed by atoms with Crippen LogP contribution in [0.1, 0.15) is 35.7 Å². The Hall–Kier alpha value is -3.71. The van der Waals surface area contributed by atoms with E-state index in [-0.39, 0.29) is 16.9 Å². The molecule has 0 saturated carbocycles. The molecule has 0 bridgehead atoms. The highest BCUT2D eigenvalue weighted by Crippen LogP contribution is 2.16. The minimum absolute atomic E-state index is 0.0209. The van der Waals surface area contributed by atoms with E-state index in [2.05, 4.69) is 16.0 Å². The predicted molar refractivity (Wildman–Crippen MR) is 131 cm³/mol. The molecule has 0 spiro atoms. The van der Waals surface area contributed by atoms with Gasteiger partial charge in [0.05, 0.1) is 0 Å². The van der Waals surface area contributed by atoms with Gasteiger partial charge in [0.25, 0.3) is 5.91 Å². The van der Waals surface area contributed by atoms with Crippen molar-refractivity contribution < 1.29 is 14.3 Å². The highest BCUT2D eigenvalue weighted by molar-refractivity contribution is 7.80. The number of hydrogen-bond donors (Lipinski definition) is 3. The molecule has 3 aromatic carbocycles. The molecule has 3 rings (SSSR count). The molecule has 0 heterocycles. The van der Waals surface area contributed by atoms with Gasteiger partial charge < -0.3 is 15.4 Å². The van der Waals surface area contributed by atoms with Crippen molar-refractivity contribution in [3.63, 3.8) is 0 Å². The van der Waals surface area contributed by atoms with Gasteiger partial charge in [-0.25, -0.2) is 0 Å². The molecule has 0 aromatic heterocycles. The first-order chi connectivity index (χ1) is 15.5. The second kappa shape index (κ2) is 11.6. The minimum atomic E-state index is -0.319. The van der Waals surface area contributed by atoms with Crippen LogP contribution in [0.2, 0.25) is 0 Å². The van der Waals surface area contributed by atoms with Crippen LogP contribution in [0.4, 0.5) is 11.4 Å². The maximum absolute atomic E-state index is 12.4. The maximum atomic E-state index is 12.4. The molecule has 6 nitrogen and oxygen atoms in total. The van der Waals surface area contributed by atoms with Gasteiger partial charge in [0.15, 0.2) is 5.11 Å². The fourth-order valence-electron chi connectivity index (χ4n) is 2.87. The summed E-state index contributed by atoms with van der Waals surface area (Å²) >= 11 is 5.23. The lowest BCUT2D eigenvalue weighted by molar-refractivity contribution is -0.116. The number of hydrogen-bond acceptors (Lipinski definition) is 4. The van der Waals surface area contributed by atoms with E-state index in [1.165, 1.54) is 0 Å². The fraction of sp³-hybridized carbons (Fsp3) is 0.160. The summed E-state index contributed by atoms with van der Waals surface area (Å²) in [6.07, 6.45) is 1.28. The predicted octanol–water partition coefficient (Wildman–Crippen LogP) is 5.13. The average molecular weight is 448 g/mol. The van der Waals surface area contributed by atoms with Crippen LogP contribution in [-0.4, -0.2) is 16.9 Å². The Labute approximate surface area is 193 Å². The Morgan fingerprint density at radius 1 is 0.844 bits per heavy atom. The van der Waals surface area contributed by atoms with Crippen LogP contribution in [0.15, 0.2) is 78.9 Å². The molecule has 0 fully saturated rings. The van der Waals surface area contributed by atoms with Crippen molar-refractivity contribution in [3.8, 4) is 5.75 Å². The van der Waals surface area contributed by atoms with Crippen LogP contribution >= 0.6 is 12.2 Å². The Morgan fingerprint density at radius 3 is 2.09 bits per heavy atom. The summed E-state index contributed by atoms with van der Waals surface area (Å²) in [7, 11) is 0. The zero-order valence-corrected chi connectivity index (χ0v) is 18.6. The zero-order chi connectivity index (χ0) is 22.8. The molecule has 0 aliphatic carbocycles. The summed E-state index contributed by atoms with van der Waals surface area (Å²) in [5.74, 6) is 0.338. The van der Waals surface area contributed by atoms with E-state index < -0.39 is 0 Å². The highest BCUT2D eigenvalue weighted by atomic mass is 32.1. The van der Waals surface area contributed by atoms with Gasteiger partial charge in [-0.2, -0.15) is 0 Å². The van der Waals surface area contributed by atoms with Gasteiger partial charge in [0, 0.05) is 23.4 Å². The topological polar surface area (TPSA) is 79.5 Å². The molecule has 0 radical (unpaired) electrons. The number of thiocarbonyl (C=S) groups is 1. The Morgan fingerprint density at radius 2 is 1.47 bits per heavy atom. The maximum Gasteiger partial charge on any atom is 0.257 e. The molecular weight excluding hydrogens is 422 g/mol. The first-order valence-corrected chi connectivity index (χ1v) is 10.7. The number of amides is 2. The molecule has 3 aromatic rings. The summed E-state index contributed by atoms with van der Waals surface area (Å²) in [6, 6.07) is 23.8. The average Bonchev–Trinajstić information content (AvgIpc) is 2.80. The van der Waals surface area contributed by atoms with Crippen LogP contribution in [0.3, 0.4) is 0 Å². The van der Waals surface area contributed by atoms with Crippen molar-refractivity contribution in [1.82, 2.24) is 5.32 Å². The van der Waals surface area contributed by atoms with Gasteiger partial charge in [0.2, 0.25) is 5.91 Å². The van der Waals surface area contributed by atoms with Gasteiger partial charge in [0.1, 0.15) is 12.4 Å². The van der Waals surface area contributed by atoms with E-state index in [1.807, 2.05) is 37.3 Å². The van der Waals surface area contributed by atoms with Gasteiger partial charge in [-0.15, -0.1) is 0 Å². The summed E-state index contributed by atoms with van der Waals surface area (Å²) < 4.78 is 5.74. The molecule has 0 saturated heterocycles. The second-order valence-corrected chi connectivity index (χ2v) is 7.49. The third-order valence-electron chi connectivity index (χ3n) is 4.50. The summed E-state index contributed by atoms with van der Waals surface area (Å²) in [4.78, 5) is 24.1. The van der Waals surface area contributed by atoms with E-state index in [4.69, 9.17) is 17.0 Å². The normalized spacial score (nSPS) is 10.2. The van der Waals surface area contributed by atoms with E-state index >= 15 is 0 Å². The summed E-state index contributed by atoms with van der Waals surface area (Å²) in [5.41, 5.74) is 2.95. The lowest BCUT2D eigenvalue weighted by atomic mass is 10.2. The van der Waals surface area contributed by atoms with Crippen molar-refractivity contribution in [2.24, 2.45) is 0 Å². The monoisotopic (exact) mass is 447 g/mol. The third-order valence-corrected chi connectivity index (χ3v) is 4.70. The number of carbonyl (C=O) groups excluding carboxylic acids is 2. The van der Waals surface area contributed by atoms with Crippen LogP contribution in [0.25, 0.3) is 0 Å². The largest absolute Gasteiger partial charge is 0.489 e. The highest BCUT2D eigenvalue weighted by Gasteiger charge is 2.09. The quantitative estimate of drug-likeness (QED) is 0.417. The minimum Gasteiger partial charge on any atom is -0.489 e. The number of rotatable bonds is 8. The molecule has 0 aliphatic heterocycles. The van der Waals surface area contributed by atoms with Crippen LogP contribution in [0, 0.1) is 0 Å². The molecule has 164 valence electrons. The smallest absolute Gasteiger partial charge is 0.257 e. The van der Waals surface area contributed by atoms with Gasteiger partial charge in [-0.1, -0.05) is 37.3 Å². The van der Waals surface area contributed by atoms with Crippen LogP contribution in [-0.2, 0) is 11.4 Å². The molecular formula is C25H25N3O3S. The number of ether oxygens (including phenoxy) is 1. The van der Waals surface area contributed by atoms with Crippen molar-refractivity contribution in [2.45, 2.75) is 26.4 Å². The summed E-state index contributed by atoms with van der Waals surface area (Å²) in [5, 5.41) is 8.62. The second-order valence-electron chi connectivity index (χ2n) is 7.08. The van der Waals surface area contributed by atoms with Crippen molar-refractivity contribution >= 4 is 40.5 Å². The van der Waals surface area contributed by atoms with Gasteiger partial charge in [-0.3, -0.25) is 14.9 Å². The van der Waals surface area contributed by atoms with Gasteiger partial charge in [-0.05, 0) is 72.7 Å². The van der Waals surface area contributed by atoms with Crippen molar-refractivity contribution in [3.05, 3.63) is 90.0 Å².